The smallest absolute Gasteiger partial charge is 0.444 e. The molecule has 0 unspecified atom stereocenters. The first-order valence-electron chi connectivity index (χ1n) is 11.5. The van der Waals surface area contributed by atoms with Crippen molar-refractivity contribution in [3.63, 3.8) is 0 Å². The van der Waals surface area contributed by atoms with Gasteiger partial charge in [0, 0.05) is 32.7 Å². The molecule has 0 aliphatic carbocycles. The lowest BCUT2D eigenvalue weighted by Gasteiger charge is -2.35. The second kappa shape index (κ2) is 9.07. The molecule has 8 nitrogen and oxygen atoms in total. The van der Waals surface area contributed by atoms with E-state index in [0.717, 1.165) is 0 Å². The van der Waals surface area contributed by atoms with Crippen molar-refractivity contribution in [2.45, 2.75) is 83.6 Å². The van der Waals surface area contributed by atoms with Crippen LogP contribution in [0.4, 0.5) is 8.68 Å². The molecule has 0 bridgehead atoms. The molecule has 0 atom stereocenters. The maximum atomic E-state index is 14.2. The maximum absolute atomic E-state index is 14.2. The molecule has 1 amide bonds. The fourth-order valence-electron chi connectivity index (χ4n) is 4.00. The third-order valence-corrected chi connectivity index (χ3v) is 7.61. The number of ether oxygens (including phenoxy) is 1. The molecule has 1 aromatic carbocycles. The highest BCUT2D eigenvalue weighted by Crippen LogP contribution is 2.37. The second-order valence-electron chi connectivity index (χ2n) is 11.1. The molecule has 2 aliphatic rings. The molecular formula is C23H36BFN2O6S. The molecule has 190 valence electrons. The molecule has 0 spiro atoms. The minimum atomic E-state index is -4.94. The van der Waals surface area contributed by atoms with Crippen molar-refractivity contribution < 1.29 is 31.1 Å². The van der Waals surface area contributed by atoms with Crippen LogP contribution in [0.25, 0.3) is 0 Å². The van der Waals surface area contributed by atoms with Gasteiger partial charge in [-0.15, -0.1) is 3.89 Å². The Kier molecular flexibility index (Phi) is 7.18. The van der Waals surface area contributed by atoms with E-state index in [1.807, 2.05) is 54.5 Å². The molecule has 2 saturated heterocycles. The zero-order valence-corrected chi connectivity index (χ0v) is 22.2. The van der Waals surface area contributed by atoms with E-state index in [-0.39, 0.29) is 16.6 Å². The Hall–Kier alpha value is -1.69. The number of amides is 1. The molecule has 0 radical (unpaired) electrons. The number of nitrogens with zero attached hydrogens (tertiary/aromatic N) is 2. The van der Waals surface area contributed by atoms with Crippen LogP contribution in [-0.4, -0.2) is 74.4 Å². The summed E-state index contributed by atoms with van der Waals surface area (Å²) in [7, 11) is -5.75. The second-order valence-corrected chi connectivity index (χ2v) is 12.4. The Balaban J connectivity index is 1.81. The van der Waals surface area contributed by atoms with Gasteiger partial charge in [0.05, 0.1) is 11.2 Å². The summed E-state index contributed by atoms with van der Waals surface area (Å²) in [4.78, 5) is 15.7. The van der Waals surface area contributed by atoms with Crippen LogP contribution in [-0.2, 0) is 30.8 Å². The van der Waals surface area contributed by atoms with E-state index < -0.39 is 34.1 Å². The van der Waals surface area contributed by atoms with Gasteiger partial charge in [-0.25, -0.2) is 4.79 Å². The number of carbonyl (C=O) groups excluding carboxylic acids is 1. The van der Waals surface area contributed by atoms with E-state index >= 15 is 0 Å². The molecule has 2 fully saturated rings. The van der Waals surface area contributed by atoms with E-state index in [2.05, 4.69) is 4.90 Å². The van der Waals surface area contributed by atoms with Crippen molar-refractivity contribution >= 4 is 28.9 Å². The average molecular weight is 498 g/mol. The molecule has 11 heteroatoms. The molecule has 0 saturated carbocycles. The fraction of sp³-hybridized carbons (Fsp3) is 0.696. The van der Waals surface area contributed by atoms with Crippen LogP contribution in [0, 0.1) is 6.92 Å². The highest BCUT2D eigenvalue weighted by Gasteiger charge is 2.52. The van der Waals surface area contributed by atoms with Gasteiger partial charge in [-0.1, -0.05) is 6.07 Å². The molecule has 1 aromatic rings. The van der Waals surface area contributed by atoms with Crippen LogP contribution < -0.4 is 5.46 Å². The highest BCUT2D eigenvalue weighted by molar-refractivity contribution is 7.86. The lowest BCUT2D eigenvalue weighted by atomic mass is 9.75. The average Bonchev–Trinajstić information content (AvgIpc) is 2.88. The van der Waals surface area contributed by atoms with E-state index in [9.17, 15) is 17.1 Å². The van der Waals surface area contributed by atoms with E-state index in [1.54, 1.807) is 11.8 Å². The molecule has 0 aromatic heterocycles. The van der Waals surface area contributed by atoms with Crippen molar-refractivity contribution in [1.29, 1.82) is 0 Å². The molecule has 34 heavy (non-hydrogen) atoms. The summed E-state index contributed by atoms with van der Waals surface area (Å²) in [6.45, 7) is 17.2. The standard InChI is InChI=1S/C23H36BFN2O6S/c1-16-18(24-32-22(5,6)23(7,8)33-24)13-17(14-19(16)34(25,29)30)15-26-9-11-27(12-10-26)20(28)31-21(2,3)4/h13-14H,9-12,15H2,1-8H3. The van der Waals surface area contributed by atoms with Gasteiger partial charge in [-0.3, -0.25) is 4.90 Å². The molecule has 2 aliphatic heterocycles. The summed E-state index contributed by atoms with van der Waals surface area (Å²) in [5, 5.41) is 0. The Bertz CT molecular complexity index is 1030. The lowest BCUT2D eigenvalue weighted by molar-refractivity contribution is 0.00578. The van der Waals surface area contributed by atoms with E-state index in [1.165, 1.54) is 6.07 Å². The summed E-state index contributed by atoms with van der Waals surface area (Å²) in [5.41, 5.74) is -0.384. The number of carbonyl (C=O) groups is 1. The molecule has 2 heterocycles. The first-order chi connectivity index (χ1) is 15.4. The van der Waals surface area contributed by atoms with Crippen LogP contribution in [0.15, 0.2) is 17.0 Å². The number of hydrogen-bond donors (Lipinski definition) is 0. The zero-order chi connectivity index (χ0) is 25.7. The number of halogens is 1. The first kappa shape index (κ1) is 26.9. The summed E-state index contributed by atoms with van der Waals surface area (Å²) >= 11 is 0. The molecule has 0 N–H and O–H groups in total. The van der Waals surface area contributed by atoms with Gasteiger partial charge in [0.15, 0.2) is 0 Å². The number of benzene rings is 1. The minimum Gasteiger partial charge on any atom is -0.444 e. The van der Waals surface area contributed by atoms with Crippen molar-refractivity contribution in [2.75, 3.05) is 26.2 Å². The maximum Gasteiger partial charge on any atom is 0.495 e. The Morgan fingerprint density at radius 1 is 1.09 bits per heavy atom. The van der Waals surface area contributed by atoms with Crippen LogP contribution in [0.1, 0.15) is 59.6 Å². The number of piperazine rings is 1. The zero-order valence-electron chi connectivity index (χ0n) is 21.4. The topological polar surface area (TPSA) is 85.4 Å². The largest absolute Gasteiger partial charge is 0.495 e. The van der Waals surface area contributed by atoms with Crippen LogP contribution in [0.5, 0.6) is 0 Å². The number of hydrogen-bond acceptors (Lipinski definition) is 7. The fourth-order valence-corrected chi connectivity index (χ4v) is 4.78. The summed E-state index contributed by atoms with van der Waals surface area (Å²) < 4.78 is 55.7. The van der Waals surface area contributed by atoms with Crippen LogP contribution in [0.2, 0.25) is 0 Å². The summed E-state index contributed by atoms with van der Waals surface area (Å²) in [5.74, 6) is 0. The SMILES string of the molecule is Cc1c(B2OC(C)(C)C(C)(C)O2)cc(CN2CCN(C(=O)OC(C)(C)C)CC2)cc1S(=O)(=O)F. The quantitative estimate of drug-likeness (QED) is 0.466. The predicted octanol–water partition coefficient (Wildman–Crippen LogP) is 3.01. The normalized spacial score (nSPS) is 21.1. The van der Waals surface area contributed by atoms with Gasteiger partial charge in [0.25, 0.3) is 0 Å². The van der Waals surface area contributed by atoms with Gasteiger partial charge in [-0.05, 0) is 78.0 Å². The molecular weight excluding hydrogens is 462 g/mol. The highest BCUT2D eigenvalue weighted by atomic mass is 32.3. The third kappa shape index (κ3) is 5.92. The third-order valence-electron chi connectivity index (χ3n) is 6.66. The van der Waals surface area contributed by atoms with E-state index in [0.29, 0.717) is 43.8 Å². The van der Waals surface area contributed by atoms with Gasteiger partial charge in [-0.2, -0.15) is 8.42 Å². The Morgan fingerprint density at radius 3 is 2.09 bits per heavy atom. The monoisotopic (exact) mass is 498 g/mol. The van der Waals surface area contributed by atoms with E-state index in [4.69, 9.17) is 14.0 Å². The lowest BCUT2D eigenvalue weighted by Crippen LogP contribution is -2.49. The van der Waals surface area contributed by atoms with Crippen molar-refractivity contribution in [3.8, 4) is 0 Å². The van der Waals surface area contributed by atoms with Gasteiger partial charge in [0.2, 0.25) is 0 Å². The molecule has 3 rings (SSSR count). The van der Waals surface area contributed by atoms with Gasteiger partial charge in [0.1, 0.15) is 10.5 Å². The van der Waals surface area contributed by atoms with Crippen molar-refractivity contribution in [2.24, 2.45) is 0 Å². The minimum absolute atomic E-state index is 0.277. The predicted molar refractivity (Wildman–Crippen MR) is 128 cm³/mol. The van der Waals surface area contributed by atoms with Gasteiger partial charge < -0.3 is 18.9 Å². The van der Waals surface area contributed by atoms with Crippen molar-refractivity contribution in [3.05, 3.63) is 23.3 Å². The first-order valence-corrected chi connectivity index (χ1v) is 12.9. The van der Waals surface area contributed by atoms with Crippen molar-refractivity contribution in [1.82, 2.24) is 9.80 Å². The van der Waals surface area contributed by atoms with Crippen LogP contribution >= 0.6 is 0 Å². The van der Waals surface area contributed by atoms with Gasteiger partial charge >= 0.3 is 23.4 Å². The van der Waals surface area contributed by atoms with Crippen LogP contribution in [0.3, 0.4) is 0 Å². The summed E-state index contributed by atoms with van der Waals surface area (Å²) in [6.07, 6.45) is -0.351. The Morgan fingerprint density at radius 2 is 1.62 bits per heavy atom. The summed E-state index contributed by atoms with van der Waals surface area (Å²) in [6, 6.07) is 3.20. The number of rotatable bonds is 4. The Labute approximate surface area is 203 Å².